The predicted molar refractivity (Wildman–Crippen MR) is 87.4 cm³/mol. The number of hydrogen-bond acceptors (Lipinski definition) is 8. The van der Waals surface area contributed by atoms with Crippen LogP contribution < -0.4 is 16.4 Å². The Morgan fingerprint density at radius 1 is 1.28 bits per heavy atom. The van der Waals surface area contributed by atoms with E-state index in [0.29, 0.717) is 11.7 Å². The van der Waals surface area contributed by atoms with E-state index in [1.165, 1.54) is 6.07 Å². The second kappa shape index (κ2) is 7.09. The summed E-state index contributed by atoms with van der Waals surface area (Å²) in [5.74, 6) is -1.33. The van der Waals surface area contributed by atoms with Gasteiger partial charge in [0.1, 0.15) is 11.0 Å². The number of anilines is 3. The minimum absolute atomic E-state index is 0.0933. The molecule has 0 bridgehead atoms. The molecule has 3 aromatic rings. The molecule has 25 heavy (non-hydrogen) atoms. The van der Waals surface area contributed by atoms with Crippen LogP contribution in [0, 0.1) is 5.82 Å². The number of pyridine rings is 2. The smallest absolute Gasteiger partial charge is 0.283 e. The van der Waals surface area contributed by atoms with Gasteiger partial charge >= 0.3 is 0 Å². The van der Waals surface area contributed by atoms with E-state index in [0.717, 1.165) is 11.8 Å². The number of rotatable bonds is 5. The van der Waals surface area contributed by atoms with Gasteiger partial charge in [-0.1, -0.05) is 17.7 Å². The number of hydrogen-bond donors (Lipinski definition) is 3. The second-order valence-electron chi connectivity index (χ2n) is 4.84. The van der Waals surface area contributed by atoms with Gasteiger partial charge in [-0.2, -0.15) is 0 Å². The zero-order chi connectivity index (χ0) is 17.8. The highest BCUT2D eigenvalue weighted by Crippen LogP contribution is 2.22. The number of nitrogens with two attached hydrogens (primary N) is 1. The van der Waals surface area contributed by atoms with Gasteiger partial charge in [-0.3, -0.25) is 4.79 Å². The molecule has 0 saturated heterocycles. The summed E-state index contributed by atoms with van der Waals surface area (Å²) in [6.45, 7) is 0.311. The molecular formula is C14H11ClFN7O2. The van der Waals surface area contributed by atoms with E-state index in [2.05, 4.69) is 35.5 Å². The Balaban J connectivity index is 1.77. The van der Waals surface area contributed by atoms with Crippen molar-refractivity contribution in [3.05, 3.63) is 52.8 Å². The molecule has 0 radical (unpaired) electrons. The minimum Gasteiger partial charge on any atom is -0.379 e. The van der Waals surface area contributed by atoms with E-state index in [1.807, 2.05) is 0 Å². The molecule has 0 unspecified atom stereocenters. The lowest BCUT2D eigenvalue weighted by Crippen LogP contribution is -2.17. The standard InChI is InChI=1S/C14H11ClFN7O2/c15-10-2-1-7(5-19-10)4-18-9-3-8(16)6-20-13(9)21-14(24)11-12(17)23-25-22-11/h1-3,5-6,18H,4H2,(H2,17,23)(H,20,21,24). The first kappa shape index (κ1) is 16.6. The molecule has 3 aromatic heterocycles. The molecule has 0 fully saturated rings. The molecule has 0 aliphatic carbocycles. The summed E-state index contributed by atoms with van der Waals surface area (Å²) in [6.07, 6.45) is 2.54. The van der Waals surface area contributed by atoms with Crippen LogP contribution in [0.5, 0.6) is 0 Å². The van der Waals surface area contributed by atoms with Crippen molar-refractivity contribution in [1.29, 1.82) is 0 Å². The van der Waals surface area contributed by atoms with Gasteiger partial charge in [0.25, 0.3) is 5.91 Å². The largest absolute Gasteiger partial charge is 0.379 e. The highest BCUT2D eigenvalue weighted by atomic mass is 35.5. The molecule has 0 atom stereocenters. The summed E-state index contributed by atoms with van der Waals surface area (Å²) in [4.78, 5) is 19.9. The maximum Gasteiger partial charge on any atom is 0.283 e. The fourth-order valence-corrected chi connectivity index (χ4v) is 2.01. The Hall–Kier alpha value is -3.27. The SMILES string of the molecule is Nc1nonc1C(=O)Nc1ncc(F)cc1NCc1ccc(Cl)nc1. The molecule has 0 aliphatic heterocycles. The Morgan fingerprint density at radius 2 is 2.12 bits per heavy atom. The Morgan fingerprint density at radius 3 is 2.80 bits per heavy atom. The van der Waals surface area contributed by atoms with Crippen LogP contribution in [0.2, 0.25) is 5.15 Å². The van der Waals surface area contributed by atoms with E-state index in [4.69, 9.17) is 17.3 Å². The molecule has 3 heterocycles. The Bertz CT molecular complexity index is 900. The van der Waals surface area contributed by atoms with E-state index >= 15 is 0 Å². The lowest BCUT2D eigenvalue weighted by atomic mass is 10.2. The number of aromatic nitrogens is 4. The molecule has 128 valence electrons. The van der Waals surface area contributed by atoms with E-state index in [-0.39, 0.29) is 23.0 Å². The first-order chi connectivity index (χ1) is 12.0. The monoisotopic (exact) mass is 363 g/mol. The van der Waals surface area contributed by atoms with Gasteiger partial charge in [-0.25, -0.2) is 19.0 Å². The van der Waals surface area contributed by atoms with Gasteiger partial charge < -0.3 is 16.4 Å². The van der Waals surface area contributed by atoms with Crippen LogP contribution in [0.15, 0.2) is 35.2 Å². The van der Waals surface area contributed by atoms with Crippen LogP contribution >= 0.6 is 11.6 Å². The lowest BCUT2D eigenvalue weighted by molar-refractivity contribution is 0.101. The van der Waals surface area contributed by atoms with Gasteiger partial charge in [0.15, 0.2) is 5.82 Å². The molecule has 11 heteroatoms. The van der Waals surface area contributed by atoms with Crippen molar-refractivity contribution >= 4 is 34.8 Å². The Kier molecular flexibility index (Phi) is 4.70. The zero-order valence-electron chi connectivity index (χ0n) is 12.5. The number of nitrogens with one attached hydrogen (secondary N) is 2. The third-order valence-corrected chi connectivity index (χ3v) is 3.31. The summed E-state index contributed by atoms with van der Waals surface area (Å²) in [6, 6.07) is 4.58. The van der Waals surface area contributed by atoms with Crippen LogP contribution in [0.3, 0.4) is 0 Å². The van der Waals surface area contributed by atoms with Crippen LogP contribution in [-0.4, -0.2) is 26.2 Å². The topological polar surface area (TPSA) is 132 Å². The molecule has 0 saturated carbocycles. The zero-order valence-corrected chi connectivity index (χ0v) is 13.3. The first-order valence-electron chi connectivity index (χ1n) is 6.92. The fraction of sp³-hybridized carbons (Fsp3) is 0.0714. The fourth-order valence-electron chi connectivity index (χ4n) is 1.90. The summed E-state index contributed by atoms with van der Waals surface area (Å²) in [5.41, 5.74) is 6.33. The minimum atomic E-state index is -0.686. The van der Waals surface area contributed by atoms with E-state index in [1.54, 1.807) is 18.3 Å². The quantitative estimate of drug-likeness (QED) is 0.587. The predicted octanol–water partition coefficient (Wildman–Crippen LogP) is 2.10. The third kappa shape index (κ3) is 3.98. The number of nitrogens with zero attached hydrogens (tertiary/aromatic N) is 4. The molecule has 4 N–H and O–H groups in total. The molecular weight excluding hydrogens is 353 g/mol. The van der Waals surface area contributed by atoms with E-state index in [9.17, 15) is 9.18 Å². The maximum atomic E-state index is 13.5. The van der Waals surface area contributed by atoms with E-state index < -0.39 is 11.7 Å². The molecule has 3 rings (SSSR count). The van der Waals surface area contributed by atoms with Gasteiger partial charge in [0, 0.05) is 18.8 Å². The number of nitrogen functional groups attached to an aromatic ring is 1. The van der Waals surface area contributed by atoms with Crippen LogP contribution in [0.1, 0.15) is 16.1 Å². The third-order valence-electron chi connectivity index (χ3n) is 3.09. The first-order valence-corrected chi connectivity index (χ1v) is 7.30. The van der Waals surface area contributed by atoms with Gasteiger partial charge in [0.2, 0.25) is 11.5 Å². The summed E-state index contributed by atoms with van der Waals surface area (Å²) < 4.78 is 17.9. The molecule has 0 spiro atoms. The number of carbonyl (C=O) groups excluding carboxylic acids is 1. The average Bonchev–Trinajstić information content (AvgIpc) is 3.02. The molecule has 1 amide bonds. The van der Waals surface area contributed by atoms with Crippen molar-refractivity contribution in [2.45, 2.75) is 6.54 Å². The second-order valence-corrected chi connectivity index (χ2v) is 5.23. The van der Waals surface area contributed by atoms with Crippen LogP contribution in [0.25, 0.3) is 0 Å². The summed E-state index contributed by atoms with van der Waals surface area (Å²) >= 11 is 5.73. The van der Waals surface area contributed by atoms with Gasteiger partial charge in [0.05, 0.1) is 11.9 Å². The van der Waals surface area contributed by atoms with Crippen LogP contribution in [0.4, 0.5) is 21.7 Å². The average molecular weight is 364 g/mol. The summed E-state index contributed by atoms with van der Waals surface area (Å²) in [5, 5.41) is 12.5. The van der Waals surface area contributed by atoms with Crippen molar-refractivity contribution in [1.82, 2.24) is 20.3 Å². The lowest BCUT2D eigenvalue weighted by Gasteiger charge is -2.11. The van der Waals surface area contributed by atoms with Gasteiger partial charge in [-0.05, 0) is 21.9 Å². The highest BCUT2D eigenvalue weighted by Gasteiger charge is 2.18. The highest BCUT2D eigenvalue weighted by molar-refractivity contribution is 6.29. The van der Waals surface area contributed by atoms with Crippen molar-refractivity contribution in [2.75, 3.05) is 16.4 Å². The molecule has 0 aromatic carbocycles. The van der Waals surface area contributed by atoms with Crippen molar-refractivity contribution in [3.63, 3.8) is 0 Å². The van der Waals surface area contributed by atoms with Crippen molar-refractivity contribution in [3.8, 4) is 0 Å². The molecule has 0 aliphatic rings. The number of carbonyl (C=O) groups is 1. The van der Waals surface area contributed by atoms with Crippen molar-refractivity contribution in [2.24, 2.45) is 0 Å². The van der Waals surface area contributed by atoms with Crippen LogP contribution in [-0.2, 0) is 6.54 Å². The number of halogens is 2. The Labute approximate surface area is 145 Å². The van der Waals surface area contributed by atoms with Crippen molar-refractivity contribution < 1.29 is 13.8 Å². The summed E-state index contributed by atoms with van der Waals surface area (Å²) in [7, 11) is 0. The molecule has 9 nitrogen and oxygen atoms in total. The van der Waals surface area contributed by atoms with Gasteiger partial charge in [-0.15, -0.1) is 0 Å². The normalized spacial score (nSPS) is 10.5. The number of amides is 1. The maximum absolute atomic E-state index is 13.5.